The molecule has 1 aromatic carbocycles. The number of halogens is 4. The molecule has 12 heteroatoms. The summed E-state index contributed by atoms with van der Waals surface area (Å²) in [5.41, 5.74) is 5.57. The summed E-state index contributed by atoms with van der Waals surface area (Å²) in [4.78, 5) is 40.3. The van der Waals surface area contributed by atoms with Gasteiger partial charge in [0, 0.05) is 49.1 Å². The summed E-state index contributed by atoms with van der Waals surface area (Å²) in [5, 5.41) is 5.13. The second-order valence-corrected chi connectivity index (χ2v) is 10.9. The SMILES string of the molecule is CCC/C=C(\NNC)C1(NC(=O)C(=O)c2c(C)c(C(=O)Nc3ccc(F)c(F)c3)c3n2C2CC2C3)CC(F)(F)C1. The van der Waals surface area contributed by atoms with Gasteiger partial charge in [-0.15, -0.1) is 0 Å². The zero-order valence-electron chi connectivity index (χ0n) is 22.4. The lowest BCUT2D eigenvalue weighted by molar-refractivity contribution is -0.138. The van der Waals surface area contributed by atoms with Crippen molar-refractivity contribution in [3.8, 4) is 0 Å². The first-order valence-electron chi connectivity index (χ1n) is 13.3. The molecular weight excluding hydrogens is 530 g/mol. The minimum Gasteiger partial charge on any atom is -0.338 e. The summed E-state index contributed by atoms with van der Waals surface area (Å²) < 4.78 is 57.0. The Hall–Kier alpha value is -3.67. The Kier molecular flexibility index (Phi) is 7.01. The smallest absolute Gasteiger partial charge is 0.294 e. The van der Waals surface area contributed by atoms with Crippen molar-refractivity contribution in [2.24, 2.45) is 5.92 Å². The quantitative estimate of drug-likeness (QED) is 0.150. The van der Waals surface area contributed by atoms with Gasteiger partial charge in [-0.05, 0) is 49.8 Å². The number of anilines is 1. The number of carbonyl (C=O) groups is 3. The van der Waals surface area contributed by atoms with Gasteiger partial charge in [-0.2, -0.15) is 0 Å². The summed E-state index contributed by atoms with van der Waals surface area (Å²) in [6, 6.07) is 2.92. The van der Waals surface area contributed by atoms with Crippen LogP contribution in [0.2, 0.25) is 0 Å². The monoisotopic (exact) mass is 561 g/mol. The Labute approximate surface area is 228 Å². The van der Waals surface area contributed by atoms with Gasteiger partial charge in [-0.3, -0.25) is 14.4 Å². The molecule has 214 valence electrons. The summed E-state index contributed by atoms with van der Waals surface area (Å²) >= 11 is 0. The fourth-order valence-corrected chi connectivity index (χ4v) is 6.05. The van der Waals surface area contributed by atoms with Crippen molar-refractivity contribution >= 4 is 23.3 Å². The molecule has 4 N–H and O–H groups in total. The Morgan fingerprint density at radius 1 is 1.15 bits per heavy atom. The molecule has 5 rings (SSSR count). The Morgan fingerprint density at radius 2 is 1.88 bits per heavy atom. The normalized spacial score (nSPS) is 21.6. The lowest BCUT2D eigenvalue weighted by atomic mass is 9.70. The highest BCUT2D eigenvalue weighted by Gasteiger charge is 2.60. The number of unbranched alkanes of at least 4 members (excludes halogenated alkanes) is 1. The van der Waals surface area contributed by atoms with Crippen molar-refractivity contribution in [1.29, 1.82) is 0 Å². The van der Waals surface area contributed by atoms with E-state index in [-0.39, 0.29) is 34.5 Å². The summed E-state index contributed by atoms with van der Waals surface area (Å²) in [6.07, 6.45) is 3.04. The number of aromatic nitrogens is 1. The molecule has 2 fully saturated rings. The second-order valence-electron chi connectivity index (χ2n) is 10.9. The minimum atomic E-state index is -3.00. The molecule has 3 aliphatic rings. The minimum absolute atomic E-state index is 0.0355. The van der Waals surface area contributed by atoms with Crippen LogP contribution < -0.4 is 21.5 Å². The molecule has 40 heavy (non-hydrogen) atoms. The number of carbonyl (C=O) groups excluding carboxylic acids is 3. The second kappa shape index (κ2) is 10.1. The third-order valence-corrected chi connectivity index (χ3v) is 7.93. The number of alkyl halides is 2. The van der Waals surface area contributed by atoms with E-state index in [4.69, 9.17) is 0 Å². The van der Waals surface area contributed by atoms with Gasteiger partial charge in [0.05, 0.1) is 16.8 Å². The average Bonchev–Trinajstić information content (AvgIpc) is 3.45. The fourth-order valence-electron chi connectivity index (χ4n) is 6.05. The number of nitrogens with zero attached hydrogens (tertiary/aromatic N) is 1. The van der Waals surface area contributed by atoms with E-state index in [1.807, 2.05) is 6.92 Å². The molecular formula is C28H31F4N5O3. The van der Waals surface area contributed by atoms with Crippen LogP contribution in [0.5, 0.6) is 0 Å². The van der Waals surface area contributed by atoms with Gasteiger partial charge in [0.15, 0.2) is 11.6 Å². The van der Waals surface area contributed by atoms with E-state index >= 15 is 0 Å². The number of benzene rings is 1. The molecule has 0 spiro atoms. The Morgan fingerprint density at radius 3 is 2.50 bits per heavy atom. The van der Waals surface area contributed by atoms with Crippen molar-refractivity contribution in [2.45, 2.75) is 69.9 Å². The molecule has 2 atom stereocenters. The molecule has 1 aromatic heterocycles. The summed E-state index contributed by atoms with van der Waals surface area (Å²) in [5.74, 6) is -7.55. The van der Waals surface area contributed by atoms with Gasteiger partial charge in [-0.25, -0.2) is 23.0 Å². The van der Waals surface area contributed by atoms with Crippen LogP contribution in [-0.4, -0.2) is 40.7 Å². The molecule has 2 unspecified atom stereocenters. The van der Waals surface area contributed by atoms with E-state index < -0.39 is 53.5 Å². The van der Waals surface area contributed by atoms with Crippen LogP contribution in [0, 0.1) is 24.5 Å². The first kappa shape index (κ1) is 27.9. The number of Topliss-reactive ketones (excluding diaryl/α,β-unsaturated/α-hetero) is 1. The summed E-state index contributed by atoms with van der Waals surface area (Å²) in [6.45, 7) is 3.48. The Balaban J connectivity index is 1.45. The van der Waals surface area contributed by atoms with Gasteiger partial charge in [0.1, 0.15) is 0 Å². The van der Waals surface area contributed by atoms with Crippen LogP contribution in [0.4, 0.5) is 23.2 Å². The van der Waals surface area contributed by atoms with Crippen molar-refractivity contribution in [1.82, 2.24) is 20.7 Å². The highest BCUT2D eigenvalue weighted by atomic mass is 19.3. The topological polar surface area (TPSA) is 104 Å². The molecule has 8 nitrogen and oxygen atoms in total. The van der Waals surface area contributed by atoms with Crippen molar-refractivity contribution in [3.05, 3.63) is 64.1 Å². The van der Waals surface area contributed by atoms with Crippen molar-refractivity contribution in [2.75, 3.05) is 12.4 Å². The fraction of sp³-hybridized carbons (Fsp3) is 0.464. The van der Waals surface area contributed by atoms with E-state index in [1.54, 1.807) is 24.6 Å². The molecule has 2 saturated carbocycles. The number of ketones is 1. The molecule has 0 radical (unpaired) electrons. The number of rotatable bonds is 10. The van der Waals surface area contributed by atoms with Gasteiger partial charge in [0.25, 0.3) is 23.5 Å². The third-order valence-electron chi connectivity index (χ3n) is 7.93. The van der Waals surface area contributed by atoms with Gasteiger partial charge in [-0.1, -0.05) is 19.4 Å². The summed E-state index contributed by atoms with van der Waals surface area (Å²) in [7, 11) is 1.57. The lowest BCUT2D eigenvalue weighted by Crippen LogP contribution is -2.66. The number of hydrogen-bond donors (Lipinski definition) is 4. The molecule has 0 saturated heterocycles. The average molecular weight is 562 g/mol. The highest BCUT2D eigenvalue weighted by Crippen LogP contribution is 2.54. The molecule has 2 amide bonds. The Bertz CT molecular complexity index is 1430. The van der Waals surface area contributed by atoms with Crippen molar-refractivity contribution < 1.29 is 31.9 Å². The van der Waals surface area contributed by atoms with Crippen LogP contribution in [0.3, 0.4) is 0 Å². The third kappa shape index (κ3) is 4.78. The number of nitrogens with one attached hydrogen (secondary N) is 4. The van der Waals surface area contributed by atoms with E-state index in [2.05, 4.69) is 21.5 Å². The highest BCUT2D eigenvalue weighted by molar-refractivity contribution is 6.43. The molecule has 0 bridgehead atoms. The zero-order chi connectivity index (χ0) is 29.0. The molecule has 2 heterocycles. The zero-order valence-corrected chi connectivity index (χ0v) is 22.4. The standard InChI is InChI=1S/C28H31F4N5O3/c1-4-5-6-21(36-33-3)27(12-28(31,32)13-27)35-26(40)24(38)23-14(2)22(20-10-15-9-19(15)37(20)23)25(39)34-16-7-8-17(29)18(30)11-16/h6-8,11,15,19,33,36H,4-5,9-10,12-13H2,1-3H3,(H,34,39)(H,35,40)/b21-6-. The number of hydrazine groups is 1. The van der Waals surface area contributed by atoms with E-state index in [1.165, 1.54) is 6.07 Å². The van der Waals surface area contributed by atoms with Gasteiger partial charge in [0.2, 0.25) is 0 Å². The van der Waals surface area contributed by atoms with Gasteiger partial charge >= 0.3 is 0 Å². The largest absolute Gasteiger partial charge is 0.338 e. The van der Waals surface area contributed by atoms with Crippen LogP contribution in [0.1, 0.15) is 77.2 Å². The number of allylic oxidation sites excluding steroid dienone is 1. The van der Waals surface area contributed by atoms with Crippen LogP contribution in [0.25, 0.3) is 0 Å². The van der Waals surface area contributed by atoms with Gasteiger partial charge < -0.3 is 20.6 Å². The predicted molar refractivity (Wildman–Crippen MR) is 139 cm³/mol. The lowest BCUT2D eigenvalue weighted by Gasteiger charge is -2.49. The molecule has 1 aliphatic heterocycles. The number of amides is 2. The van der Waals surface area contributed by atoms with E-state index in [9.17, 15) is 31.9 Å². The molecule has 2 aromatic rings. The number of fused-ring (bicyclic) bond motifs is 3. The first-order valence-corrected chi connectivity index (χ1v) is 13.3. The van der Waals surface area contributed by atoms with Crippen LogP contribution >= 0.6 is 0 Å². The number of hydrogen-bond acceptors (Lipinski definition) is 5. The van der Waals surface area contributed by atoms with Crippen LogP contribution in [0.15, 0.2) is 30.0 Å². The van der Waals surface area contributed by atoms with E-state index in [0.717, 1.165) is 25.0 Å². The van der Waals surface area contributed by atoms with Crippen molar-refractivity contribution in [3.63, 3.8) is 0 Å². The first-order chi connectivity index (χ1) is 18.9. The van der Waals surface area contributed by atoms with E-state index in [0.29, 0.717) is 24.2 Å². The predicted octanol–water partition coefficient (Wildman–Crippen LogP) is 4.32. The molecule has 2 aliphatic carbocycles. The maximum atomic E-state index is 14.1. The maximum absolute atomic E-state index is 14.1. The van der Waals surface area contributed by atoms with Crippen LogP contribution in [-0.2, 0) is 11.2 Å². The maximum Gasteiger partial charge on any atom is 0.294 e.